The molecular weight excluding hydrogens is 338 g/mol. The van der Waals surface area contributed by atoms with E-state index in [1.165, 1.54) is 10.5 Å². The number of rotatable bonds is 6. The number of carbonyl (C=O) groups excluding carboxylic acids is 1. The molecule has 0 radical (unpaired) electrons. The van der Waals surface area contributed by atoms with E-state index in [2.05, 4.69) is 10.3 Å². The SMILES string of the molecule is CC[C@@H](C(=O)Nc1cccnc1)N(c1ccc(C)c(C)c1)S(C)(=O)=O. The summed E-state index contributed by atoms with van der Waals surface area (Å²) in [5, 5.41) is 2.73. The molecule has 2 rings (SSSR count). The molecule has 0 aliphatic rings. The first-order chi connectivity index (χ1) is 11.7. The molecule has 6 nitrogen and oxygen atoms in total. The van der Waals surface area contributed by atoms with Gasteiger partial charge in [0, 0.05) is 6.20 Å². The Morgan fingerprint density at radius 3 is 2.48 bits per heavy atom. The molecule has 0 bridgehead atoms. The van der Waals surface area contributed by atoms with Crippen LogP contribution in [0.1, 0.15) is 24.5 Å². The van der Waals surface area contributed by atoms with Crippen molar-refractivity contribution in [1.82, 2.24) is 4.98 Å². The first kappa shape index (κ1) is 18.9. The first-order valence-corrected chi connectivity index (χ1v) is 9.86. The average molecular weight is 361 g/mol. The first-order valence-electron chi connectivity index (χ1n) is 8.01. The summed E-state index contributed by atoms with van der Waals surface area (Å²) in [6, 6.07) is 7.93. The fourth-order valence-corrected chi connectivity index (χ4v) is 3.79. The van der Waals surface area contributed by atoms with Crippen molar-refractivity contribution in [2.75, 3.05) is 15.9 Å². The van der Waals surface area contributed by atoms with Gasteiger partial charge in [0.25, 0.3) is 0 Å². The number of aromatic nitrogens is 1. The number of pyridine rings is 1. The number of carbonyl (C=O) groups is 1. The highest BCUT2D eigenvalue weighted by Crippen LogP contribution is 2.25. The van der Waals surface area contributed by atoms with E-state index in [0.29, 0.717) is 17.8 Å². The van der Waals surface area contributed by atoms with Crippen molar-refractivity contribution in [2.45, 2.75) is 33.2 Å². The smallest absolute Gasteiger partial charge is 0.248 e. The molecule has 0 saturated carbocycles. The number of benzene rings is 1. The molecular formula is C18H23N3O3S. The second kappa shape index (κ2) is 7.65. The number of nitrogens with zero attached hydrogens (tertiary/aromatic N) is 2. The Hall–Kier alpha value is -2.41. The minimum absolute atomic E-state index is 0.339. The maximum absolute atomic E-state index is 12.7. The lowest BCUT2D eigenvalue weighted by atomic mass is 10.1. The van der Waals surface area contributed by atoms with Crippen LogP contribution in [0.3, 0.4) is 0 Å². The lowest BCUT2D eigenvalue weighted by Gasteiger charge is -2.30. The molecule has 7 heteroatoms. The van der Waals surface area contributed by atoms with Crippen LogP contribution in [0.5, 0.6) is 0 Å². The molecule has 1 atom stereocenters. The van der Waals surface area contributed by atoms with Crippen molar-refractivity contribution in [2.24, 2.45) is 0 Å². The van der Waals surface area contributed by atoms with Gasteiger partial charge in [-0.15, -0.1) is 0 Å². The normalized spacial score (nSPS) is 12.5. The Morgan fingerprint density at radius 1 is 1.24 bits per heavy atom. The Morgan fingerprint density at radius 2 is 1.96 bits per heavy atom. The Balaban J connectivity index is 2.40. The van der Waals surface area contributed by atoms with Crippen LogP contribution >= 0.6 is 0 Å². The molecule has 0 spiro atoms. The van der Waals surface area contributed by atoms with Crippen molar-refractivity contribution in [3.8, 4) is 0 Å². The molecule has 0 aliphatic carbocycles. The highest BCUT2D eigenvalue weighted by atomic mass is 32.2. The number of hydrogen-bond donors (Lipinski definition) is 1. The number of amides is 1. The summed E-state index contributed by atoms with van der Waals surface area (Å²) < 4.78 is 26.0. The van der Waals surface area contributed by atoms with E-state index in [9.17, 15) is 13.2 Å². The molecule has 0 fully saturated rings. The third-order valence-corrected chi connectivity index (χ3v) is 5.18. The molecule has 0 saturated heterocycles. The second-order valence-electron chi connectivity index (χ2n) is 5.98. The monoisotopic (exact) mass is 361 g/mol. The Bertz CT molecular complexity index is 851. The zero-order valence-corrected chi connectivity index (χ0v) is 15.7. The van der Waals surface area contributed by atoms with Gasteiger partial charge in [-0.1, -0.05) is 13.0 Å². The van der Waals surface area contributed by atoms with Crippen molar-refractivity contribution in [3.63, 3.8) is 0 Å². The van der Waals surface area contributed by atoms with Crippen LogP contribution in [0, 0.1) is 13.8 Å². The summed E-state index contributed by atoms with van der Waals surface area (Å²) in [7, 11) is -3.64. The number of anilines is 2. The highest BCUT2D eigenvalue weighted by molar-refractivity contribution is 7.92. The third kappa shape index (κ3) is 4.57. The second-order valence-corrected chi connectivity index (χ2v) is 7.84. The molecule has 0 aliphatic heterocycles. The molecule has 1 N–H and O–H groups in total. The van der Waals surface area contributed by atoms with Crippen molar-refractivity contribution in [1.29, 1.82) is 0 Å². The van der Waals surface area contributed by atoms with Gasteiger partial charge in [-0.05, 0) is 55.7 Å². The van der Waals surface area contributed by atoms with E-state index in [-0.39, 0.29) is 5.91 Å². The summed E-state index contributed by atoms with van der Waals surface area (Å²) in [6.45, 7) is 5.65. The molecule has 2 aromatic rings. The van der Waals surface area contributed by atoms with E-state index in [1.807, 2.05) is 19.9 Å². The van der Waals surface area contributed by atoms with Gasteiger partial charge in [0.15, 0.2) is 0 Å². The standard InChI is InChI=1S/C18H23N3O3S/c1-5-17(18(22)20-15-7-6-10-19-12-15)21(25(4,23)24)16-9-8-13(2)14(3)11-16/h6-12,17H,5H2,1-4H3,(H,20,22)/t17-/m0/s1. The van der Waals surface area contributed by atoms with E-state index in [0.717, 1.165) is 17.4 Å². The molecule has 0 unspecified atom stereocenters. The quantitative estimate of drug-likeness (QED) is 0.858. The number of sulfonamides is 1. The van der Waals surface area contributed by atoms with Crippen LogP contribution < -0.4 is 9.62 Å². The lowest BCUT2D eigenvalue weighted by molar-refractivity contribution is -0.117. The molecule has 25 heavy (non-hydrogen) atoms. The van der Waals surface area contributed by atoms with Crippen LogP contribution in [-0.4, -0.2) is 31.6 Å². The van der Waals surface area contributed by atoms with Crippen molar-refractivity contribution < 1.29 is 13.2 Å². The van der Waals surface area contributed by atoms with Crippen LogP contribution in [-0.2, 0) is 14.8 Å². The fourth-order valence-electron chi connectivity index (χ4n) is 2.59. The summed E-state index contributed by atoms with van der Waals surface area (Å²) in [4.78, 5) is 16.7. The van der Waals surface area contributed by atoms with Crippen molar-refractivity contribution >= 4 is 27.3 Å². The summed E-state index contributed by atoms with van der Waals surface area (Å²) in [5.74, 6) is -0.390. The van der Waals surface area contributed by atoms with Crippen LogP contribution in [0.25, 0.3) is 0 Å². The van der Waals surface area contributed by atoms with Crippen molar-refractivity contribution in [3.05, 3.63) is 53.9 Å². The van der Waals surface area contributed by atoms with Crippen LogP contribution in [0.2, 0.25) is 0 Å². The van der Waals surface area contributed by atoms with E-state index in [1.54, 1.807) is 37.4 Å². The van der Waals surface area contributed by atoms with Gasteiger partial charge in [-0.3, -0.25) is 14.1 Å². The van der Waals surface area contributed by atoms with Crippen LogP contribution in [0.4, 0.5) is 11.4 Å². The zero-order chi connectivity index (χ0) is 18.6. The zero-order valence-electron chi connectivity index (χ0n) is 14.9. The lowest BCUT2D eigenvalue weighted by Crippen LogP contribution is -2.47. The van der Waals surface area contributed by atoms with Crippen LogP contribution in [0.15, 0.2) is 42.7 Å². The molecule has 1 amide bonds. The van der Waals surface area contributed by atoms with E-state index >= 15 is 0 Å². The summed E-state index contributed by atoms with van der Waals surface area (Å²) in [5.41, 5.74) is 3.04. The van der Waals surface area contributed by atoms with Gasteiger partial charge in [0.1, 0.15) is 6.04 Å². The van der Waals surface area contributed by atoms with Gasteiger partial charge in [-0.2, -0.15) is 0 Å². The maximum Gasteiger partial charge on any atom is 0.248 e. The number of aryl methyl sites for hydroxylation is 2. The third-order valence-electron chi connectivity index (χ3n) is 4.00. The van der Waals surface area contributed by atoms with Gasteiger partial charge in [-0.25, -0.2) is 8.42 Å². The predicted octanol–water partition coefficient (Wildman–Crippen LogP) is 2.88. The van der Waals surface area contributed by atoms with Gasteiger partial charge in [0.05, 0.1) is 23.8 Å². The topological polar surface area (TPSA) is 79.4 Å². The highest BCUT2D eigenvalue weighted by Gasteiger charge is 2.31. The van der Waals surface area contributed by atoms with E-state index < -0.39 is 16.1 Å². The van der Waals surface area contributed by atoms with Gasteiger partial charge < -0.3 is 5.32 Å². The Kier molecular flexibility index (Phi) is 5.79. The largest absolute Gasteiger partial charge is 0.323 e. The summed E-state index contributed by atoms with van der Waals surface area (Å²) in [6.07, 6.45) is 4.57. The maximum atomic E-state index is 12.7. The minimum Gasteiger partial charge on any atom is -0.323 e. The molecule has 1 aromatic heterocycles. The predicted molar refractivity (Wildman–Crippen MR) is 100 cm³/mol. The molecule has 1 aromatic carbocycles. The molecule has 134 valence electrons. The van der Waals surface area contributed by atoms with Gasteiger partial charge >= 0.3 is 0 Å². The summed E-state index contributed by atoms with van der Waals surface area (Å²) >= 11 is 0. The van der Waals surface area contributed by atoms with Gasteiger partial charge in [0.2, 0.25) is 15.9 Å². The minimum atomic E-state index is -3.64. The number of hydrogen-bond acceptors (Lipinski definition) is 4. The number of nitrogens with one attached hydrogen (secondary N) is 1. The van der Waals surface area contributed by atoms with E-state index in [4.69, 9.17) is 0 Å². The fraction of sp³-hybridized carbons (Fsp3) is 0.333. The average Bonchev–Trinajstić information content (AvgIpc) is 2.55. The Labute approximate surface area is 148 Å². The molecule has 1 heterocycles.